The minimum Gasteiger partial charge on any atom is -0.355 e. The maximum atomic E-state index is 13.0. The molecule has 0 aliphatic heterocycles. The van der Waals surface area contributed by atoms with Crippen molar-refractivity contribution < 1.29 is 9.59 Å². The summed E-state index contributed by atoms with van der Waals surface area (Å²) < 4.78 is 0. The number of amides is 2. The number of aryl methyl sites for hydroxylation is 1. The number of carbonyl (C=O) groups is 2. The molecule has 0 aliphatic rings. The molecule has 2 amide bonds. The third-order valence-electron chi connectivity index (χ3n) is 4.31. The average molecular weight is 407 g/mol. The van der Waals surface area contributed by atoms with Crippen molar-refractivity contribution in [3.63, 3.8) is 0 Å². The molecule has 0 aliphatic carbocycles. The molecule has 1 atom stereocenters. The predicted molar refractivity (Wildman–Crippen MR) is 110 cm³/mol. The number of likely N-dealkylation sites (N-methyl/N-ethyl adjacent to an activating group) is 1. The Morgan fingerprint density at radius 1 is 1.15 bits per heavy atom. The highest BCUT2D eigenvalue weighted by Gasteiger charge is 2.26. The van der Waals surface area contributed by atoms with Gasteiger partial charge in [0.25, 0.3) is 0 Å². The topological polar surface area (TPSA) is 49.4 Å². The fourth-order valence-corrected chi connectivity index (χ4v) is 3.32. The minimum absolute atomic E-state index is 0.103. The van der Waals surface area contributed by atoms with Gasteiger partial charge in [0, 0.05) is 23.1 Å². The molecule has 0 saturated heterocycles. The molecule has 0 bridgehead atoms. The van der Waals surface area contributed by atoms with E-state index in [2.05, 4.69) is 5.32 Å². The Morgan fingerprint density at radius 2 is 1.89 bits per heavy atom. The van der Waals surface area contributed by atoms with Crippen LogP contribution in [0.1, 0.15) is 30.5 Å². The van der Waals surface area contributed by atoms with Gasteiger partial charge in [-0.25, -0.2) is 0 Å². The lowest BCUT2D eigenvalue weighted by molar-refractivity contribution is -0.140. The van der Waals surface area contributed by atoms with Crippen molar-refractivity contribution >= 4 is 35.0 Å². The van der Waals surface area contributed by atoms with Gasteiger partial charge in [0.05, 0.1) is 6.42 Å². The first-order valence-electron chi connectivity index (χ1n) is 8.88. The Kier molecular flexibility index (Phi) is 7.69. The fraction of sp³-hybridized carbons (Fsp3) is 0.333. The molecule has 0 aromatic heterocycles. The molecule has 0 fully saturated rings. The number of benzene rings is 2. The van der Waals surface area contributed by atoms with Crippen LogP contribution in [0.3, 0.4) is 0 Å². The van der Waals surface area contributed by atoms with Crippen LogP contribution in [0, 0.1) is 6.92 Å². The molecule has 2 aromatic rings. The van der Waals surface area contributed by atoms with Crippen LogP contribution in [-0.4, -0.2) is 29.3 Å². The Morgan fingerprint density at radius 3 is 2.52 bits per heavy atom. The van der Waals surface area contributed by atoms with E-state index in [0.717, 1.165) is 11.1 Å². The Bertz CT molecular complexity index is 824. The summed E-state index contributed by atoms with van der Waals surface area (Å²) in [6.07, 6.45) is 0.103. The van der Waals surface area contributed by atoms with Gasteiger partial charge in [-0.1, -0.05) is 59.1 Å². The second kappa shape index (κ2) is 9.77. The number of halogens is 2. The highest BCUT2D eigenvalue weighted by atomic mass is 35.5. The van der Waals surface area contributed by atoms with E-state index in [1.165, 1.54) is 0 Å². The summed E-state index contributed by atoms with van der Waals surface area (Å²) >= 11 is 12.1. The Labute approximate surface area is 170 Å². The Balaban J connectivity index is 2.26. The van der Waals surface area contributed by atoms with Gasteiger partial charge >= 0.3 is 0 Å². The van der Waals surface area contributed by atoms with Crippen LogP contribution in [0.4, 0.5) is 0 Å². The van der Waals surface area contributed by atoms with E-state index in [0.29, 0.717) is 28.7 Å². The van der Waals surface area contributed by atoms with Gasteiger partial charge in [-0.3, -0.25) is 9.59 Å². The first kappa shape index (κ1) is 21.3. The number of carbonyl (C=O) groups excluding carboxylic acids is 2. The molecule has 0 unspecified atom stereocenters. The number of hydrogen-bond acceptors (Lipinski definition) is 2. The molecule has 27 heavy (non-hydrogen) atoms. The summed E-state index contributed by atoms with van der Waals surface area (Å²) in [6, 6.07) is 12.4. The molecular formula is C21H24Cl2N2O2. The van der Waals surface area contributed by atoms with Crippen LogP contribution in [-0.2, 0) is 22.6 Å². The summed E-state index contributed by atoms with van der Waals surface area (Å²) in [6.45, 7) is 6.45. The second-order valence-electron chi connectivity index (χ2n) is 6.49. The van der Waals surface area contributed by atoms with Crippen LogP contribution in [0.5, 0.6) is 0 Å². The summed E-state index contributed by atoms with van der Waals surface area (Å²) in [5.74, 6) is -0.347. The zero-order valence-electron chi connectivity index (χ0n) is 15.8. The van der Waals surface area contributed by atoms with Gasteiger partial charge in [-0.15, -0.1) is 0 Å². The van der Waals surface area contributed by atoms with E-state index in [-0.39, 0.29) is 18.2 Å². The second-order valence-corrected chi connectivity index (χ2v) is 7.34. The lowest BCUT2D eigenvalue weighted by atomic mass is 10.1. The molecule has 0 saturated carbocycles. The van der Waals surface area contributed by atoms with Gasteiger partial charge in [0.1, 0.15) is 6.04 Å². The zero-order valence-corrected chi connectivity index (χ0v) is 17.3. The maximum Gasteiger partial charge on any atom is 0.242 e. The highest BCUT2D eigenvalue weighted by Crippen LogP contribution is 2.22. The van der Waals surface area contributed by atoms with E-state index in [4.69, 9.17) is 23.2 Å². The fourth-order valence-electron chi connectivity index (χ4n) is 2.84. The third-order valence-corrected chi connectivity index (χ3v) is 4.90. The maximum absolute atomic E-state index is 13.0. The monoisotopic (exact) mass is 406 g/mol. The molecule has 144 valence electrons. The summed E-state index contributed by atoms with van der Waals surface area (Å²) in [4.78, 5) is 27.0. The van der Waals surface area contributed by atoms with Crippen molar-refractivity contribution in [3.05, 3.63) is 69.2 Å². The van der Waals surface area contributed by atoms with Crippen molar-refractivity contribution in [2.24, 2.45) is 0 Å². The van der Waals surface area contributed by atoms with Crippen LogP contribution in [0.25, 0.3) is 0 Å². The highest BCUT2D eigenvalue weighted by molar-refractivity contribution is 6.35. The number of nitrogens with one attached hydrogen (secondary N) is 1. The van der Waals surface area contributed by atoms with Crippen molar-refractivity contribution in [3.8, 4) is 0 Å². The average Bonchev–Trinajstić information content (AvgIpc) is 2.61. The van der Waals surface area contributed by atoms with Gasteiger partial charge in [0.15, 0.2) is 0 Å². The van der Waals surface area contributed by atoms with Gasteiger partial charge in [-0.2, -0.15) is 0 Å². The number of rotatable bonds is 7. The molecule has 0 heterocycles. The van der Waals surface area contributed by atoms with E-state index in [9.17, 15) is 9.59 Å². The van der Waals surface area contributed by atoms with Crippen molar-refractivity contribution in [2.75, 3.05) is 6.54 Å². The standard InChI is InChI=1S/C21H24Cl2N2O2/c1-4-24-21(27)15(3)25(13-16-7-5-6-14(2)10-16)20(26)11-17-8-9-18(22)12-19(17)23/h5-10,12,15H,4,11,13H2,1-3H3,(H,24,27)/t15-/m0/s1. The molecule has 4 nitrogen and oxygen atoms in total. The normalized spacial score (nSPS) is 11.7. The molecule has 2 rings (SSSR count). The van der Waals surface area contributed by atoms with Crippen LogP contribution >= 0.6 is 23.2 Å². The molecule has 6 heteroatoms. The number of hydrogen-bond donors (Lipinski definition) is 1. The molecule has 2 aromatic carbocycles. The lowest BCUT2D eigenvalue weighted by Gasteiger charge is -2.29. The predicted octanol–water partition coefficient (Wildman–Crippen LogP) is 4.40. The largest absolute Gasteiger partial charge is 0.355 e. The van der Waals surface area contributed by atoms with E-state index < -0.39 is 6.04 Å². The third kappa shape index (κ3) is 5.98. The van der Waals surface area contributed by atoms with Gasteiger partial charge in [0.2, 0.25) is 11.8 Å². The zero-order chi connectivity index (χ0) is 20.0. The molecule has 0 radical (unpaired) electrons. The van der Waals surface area contributed by atoms with Gasteiger partial charge < -0.3 is 10.2 Å². The summed E-state index contributed by atoms with van der Waals surface area (Å²) in [5, 5.41) is 3.74. The van der Waals surface area contributed by atoms with Crippen molar-refractivity contribution in [2.45, 2.75) is 39.8 Å². The van der Waals surface area contributed by atoms with Crippen LogP contribution < -0.4 is 5.32 Å². The van der Waals surface area contributed by atoms with E-state index in [1.807, 2.05) is 38.1 Å². The van der Waals surface area contributed by atoms with Crippen LogP contribution in [0.2, 0.25) is 10.0 Å². The first-order valence-corrected chi connectivity index (χ1v) is 9.64. The summed E-state index contributed by atoms with van der Waals surface area (Å²) in [7, 11) is 0. The molecular weight excluding hydrogens is 383 g/mol. The summed E-state index contributed by atoms with van der Waals surface area (Å²) in [5.41, 5.74) is 2.76. The minimum atomic E-state index is -0.593. The smallest absolute Gasteiger partial charge is 0.242 e. The lowest BCUT2D eigenvalue weighted by Crippen LogP contribution is -2.48. The number of nitrogens with zero attached hydrogens (tertiary/aromatic N) is 1. The quantitative estimate of drug-likeness (QED) is 0.740. The van der Waals surface area contributed by atoms with Crippen LogP contribution in [0.15, 0.2) is 42.5 Å². The van der Waals surface area contributed by atoms with E-state index >= 15 is 0 Å². The van der Waals surface area contributed by atoms with Gasteiger partial charge in [-0.05, 0) is 44.0 Å². The molecule has 0 spiro atoms. The van der Waals surface area contributed by atoms with E-state index in [1.54, 1.807) is 30.0 Å². The Hall–Kier alpha value is -2.04. The first-order chi connectivity index (χ1) is 12.8. The van der Waals surface area contributed by atoms with Crippen molar-refractivity contribution in [1.29, 1.82) is 0 Å². The SMILES string of the molecule is CCNC(=O)[C@H](C)N(Cc1cccc(C)c1)C(=O)Cc1ccc(Cl)cc1Cl. The molecule has 1 N–H and O–H groups in total. The van der Waals surface area contributed by atoms with Crippen molar-refractivity contribution in [1.82, 2.24) is 10.2 Å².